The lowest BCUT2D eigenvalue weighted by atomic mass is 10.1. The Balaban J connectivity index is 1.87. The second-order valence-electron chi connectivity index (χ2n) is 6.07. The highest BCUT2D eigenvalue weighted by Crippen LogP contribution is 2.34. The molecule has 0 unspecified atom stereocenters. The van der Waals surface area contributed by atoms with Crippen LogP contribution >= 0.6 is 0 Å². The van der Waals surface area contributed by atoms with Crippen LogP contribution in [-0.4, -0.2) is 18.0 Å². The second-order valence-corrected chi connectivity index (χ2v) is 6.07. The van der Waals surface area contributed by atoms with E-state index < -0.39 is 0 Å². The molecule has 0 radical (unpaired) electrons. The summed E-state index contributed by atoms with van der Waals surface area (Å²) in [6.07, 6.45) is 6.10. The van der Waals surface area contributed by atoms with Crippen molar-refractivity contribution >= 4 is 11.9 Å². The zero-order valence-electron chi connectivity index (χ0n) is 12.7. The van der Waals surface area contributed by atoms with Crippen LogP contribution in [-0.2, 0) is 20.7 Å². The highest BCUT2D eigenvalue weighted by molar-refractivity contribution is 5.77. The molecular weight excluding hydrogens is 278 g/mol. The van der Waals surface area contributed by atoms with Gasteiger partial charge in [-0.2, -0.15) is 0 Å². The van der Waals surface area contributed by atoms with Gasteiger partial charge in [0.05, 0.1) is 12.0 Å². The van der Waals surface area contributed by atoms with E-state index in [1.54, 1.807) is 0 Å². The van der Waals surface area contributed by atoms with Gasteiger partial charge in [-0.3, -0.25) is 9.59 Å². The number of amides is 1. The Morgan fingerprint density at radius 3 is 2.86 bits per heavy atom. The van der Waals surface area contributed by atoms with Gasteiger partial charge in [0.2, 0.25) is 5.91 Å². The molecular formula is C18H21NO3. The number of esters is 1. The Hall–Kier alpha value is -2.10. The molecule has 1 amide bonds. The maximum Gasteiger partial charge on any atom is 0.309 e. The molecule has 1 aromatic rings. The Bertz CT molecular complexity index is 608. The monoisotopic (exact) mass is 299 g/mol. The van der Waals surface area contributed by atoms with Crippen molar-refractivity contribution in [2.45, 2.75) is 44.8 Å². The molecule has 0 saturated heterocycles. The Labute approximate surface area is 130 Å². The molecule has 1 N–H and O–H groups in total. The van der Waals surface area contributed by atoms with Gasteiger partial charge in [-0.1, -0.05) is 43.3 Å². The molecule has 0 saturated carbocycles. The number of hydrogen-bond donors (Lipinski definition) is 1. The molecule has 1 aromatic carbocycles. The molecule has 1 heterocycles. The minimum atomic E-state index is -0.306. The van der Waals surface area contributed by atoms with E-state index in [2.05, 4.69) is 5.32 Å². The molecule has 0 bridgehead atoms. The molecule has 116 valence electrons. The van der Waals surface area contributed by atoms with Gasteiger partial charge >= 0.3 is 5.97 Å². The number of ether oxygens (including phenoxy) is 1. The fourth-order valence-corrected chi connectivity index (χ4v) is 3.08. The van der Waals surface area contributed by atoms with Crippen LogP contribution < -0.4 is 5.32 Å². The average molecular weight is 299 g/mol. The summed E-state index contributed by atoms with van der Waals surface area (Å²) in [5, 5.41) is 3.04. The first-order chi connectivity index (χ1) is 10.6. The van der Waals surface area contributed by atoms with Crippen LogP contribution in [0.3, 0.4) is 0 Å². The van der Waals surface area contributed by atoms with Crippen molar-refractivity contribution in [3.8, 4) is 0 Å². The summed E-state index contributed by atoms with van der Waals surface area (Å²) < 4.78 is 5.70. The average Bonchev–Trinajstić information content (AvgIpc) is 2.83. The highest BCUT2D eigenvalue weighted by Gasteiger charge is 2.36. The predicted octanol–water partition coefficient (Wildman–Crippen LogP) is 2.69. The number of carbonyl (C=O) groups excluding carboxylic acids is 2. The largest absolute Gasteiger partial charge is 0.459 e. The molecule has 0 spiro atoms. The molecule has 0 fully saturated rings. The van der Waals surface area contributed by atoms with Gasteiger partial charge in [0.15, 0.2) is 0 Å². The summed E-state index contributed by atoms with van der Waals surface area (Å²) in [4.78, 5) is 24.3. The highest BCUT2D eigenvalue weighted by atomic mass is 16.5. The van der Waals surface area contributed by atoms with Crippen LogP contribution in [0.5, 0.6) is 0 Å². The van der Waals surface area contributed by atoms with Crippen LogP contribution in [0.1, 0.15) is 43.4 Å². The first-order valence-electron chi connectivity index (χ1n) is 7.88. The van der Waals surface area contributed by atoms with Crippen LogP contribution in [0.15, 0.2) is 36.4 Å². The predicted molar refractivity (Wildman–Crippen MR) is 83.1 cm³/mol. The Kier molecular flexibility index (Phi) is 4.27. The van der Waals surface area contributed by atoms with Crippen LogP contribution in [0.2, 0.25) is 0 Å². The number of carbonyl (C=O) groups is 2. The number of fused-ring (bicyclic) bond motifs is 3. The zero-order valence-corrected chi connectivity index (χ0v) is 12.7. The van der Waals surface area contributed by atoms with Crippen LogP contribution in [0.25, 0.3) is 0 Å². The van der Waals surface area contributed by atoms with Gasteiger partial charge < -0.3 is 10.1 Å². The van der Waals surface area contributed by atoms with Crippen molar-refractivity contribution < 1.29 is 14.3 Å². The topological polar surface area (TPSA) is 55.4 Å². The third-order valence-electron chi connectivity index (χ3n) is 4.36. The van der Waals surface area contributed by atoms with Crippen molar-refractivity contribution in [3.63, 3.8) is 0 Å². The number of hydrogen-bond acceptors (Lipinski definition) is 3. The minimum Gasteiger partial charge on any atom is -0.459 e. The molecule has 3 rings (SSSR count). The fraction of sp³-hybridized carbons (Fsp3) is 0.444. The molecule has 3 atom stereocenters. The number of allylic oxidation sites excluding steroid dienone is 2. The molecule has 2 aliphatic rings. The van der Waals surface area contributed by atoms with E-state index in [-0.39, 0.29) is 29.9 Å². The van der Waals surface area contributed by atoms with Gasteiger partial charge in [0, 0.05) is 12.8 Å². The van der Waals surface area contributed by atoms with Gasteiger partial charge in [-0.05, 0) is 24.0 Å². The Morgan fingerprint density at radius 1 is 1.18 bits per heavy atom. The van der Waals surface area contributed by atoms with E-state index in [1.807, 2.05) is 43.3 Å². The summed E-state index contributed by atoms with van der Waals surface area (Å²) in [5.41, 5.74) is 2.21. The van der Waals surface area contributed by atoms with Gasteiger partial charge in [0.25, 0.3) is 0 Å². The van der Waals surface area contributed by atoms with Crippen molar-refractivity contribution in [3.05, 3.63) is 47.5 Å². The zero-order chi connectivity index (χ0) is 15.5. The van der Waals surface area contributed by atoms with Crippen molar-refractivity contribution in [1.82, 2.24) is 5.32 Å². The maximum atomic E-state index is 12.2. The molecule has 1 aliphatic carbocycles. The molecule has 4 nitrogen and oxygen atoms in total. The van der Waals surface area contributed by atoms with E-state index >= 15 is 0 Å². The minimum absolute atomic E-state index is 0.000948. The lowest BCUT2D eigenvalue weighted by Gasteiger charge is -2.24. The summed E-state index contributed by atoms with van der Waals surface area (Å²) in [7, 11) is 0. The first kappa shape index (κ1) is 14.8. The second kappa shape index (κ2) is 6.34. The molecule has 22 heavy (non-hydrogen) atoms. The number of rotatable bonds is 0. The van der Waals surface area contributed by atoms with E-state index in [9.17, 15) is 9.59 Å². The molecule has 4 heteroatoms. The van der Waals surface area contributed by atoms with E-state index in [1.165, 1.54) is 0 Å². The smallest absolute Gasteiger partial charge is 0.309 e. The maximum absolute atomic E-state index is 12.2. The van der Waals surface area contributed by atoms with Crippen molar-refractivity contribution in [1.29, 1.82) is 0 Å². The first-order valence-corrected chi connectivity index (χ1v) is 7.88. The van der Waals surface area contributed by atoms with E-state index in [0.29, 0.717) is 25.7 Å². The quantitative estimate of drug-likeness (QED) is 0.592. The summed E-state index contributed by atoms with van der Waals surface area (Å²) in [5.74, 6) is -0.348. The SMILES string of the molecule is C[C@@H]1CC=CCCC(=O)N[C@@H]2c3ccccc3C[C@H]2OC1=O. The number of benzene rings is 1. The van der Waals surface area contributed by atoms with Gasteiger partial charge in [-0.25, -0.2) is 0 Å². The van der Waals surface area contributed by atoms with Gasteiger partial charge in [0.1, 0.15) is 6.10 Å². The van der Waals surface area contributed by atoms with Crippen LogP contribution in [0, 0.1) is 5.92 Å². The Morgan fingerprint density at radius 2 is 2.00 bits per heavy atom. The van der Waals surface area contributed by atoms with Crippen LogP contribution in [0.4, 0.5) is 0 Å². The number of nitrogens with one attached hydrogen (secondary N) is 1. The summed E-state index contributed by atoms with van der Waals surface area (Å²) in [6.45, 7) is 1.88. The fourth-order valence-electron chi connectivity index (χ4n) is 3.08. The molecule has 1 aliphatic heterocycles. The summed E-state index contributed by atoms with van der Waals surface area (Å²) >= 11 is 0. The standard InChI is InChI=1S/C18H21NO3/c1-12-7-3-2-4-10-16(20)19-17-14-9-6-5-8-13(14)11-15(17)22-18(12)21/h2-3,5-6,8-9,12,15,17H,4,7,10-11H2,1H3,(H,19,20)/t12-,15-,17-/m1/s1. The third kappa shape index (κ3) is 3.06. The van der Waals surface area contributed by atoms with Crippen molar-refractivity contribution in [2.24, 2.45) is 5.92 Å². The lowest BCUT2D eigenvalue weighted by Crippen LogP contribution is -2.37. The van der Waals surface area contributed by atoms with Gasteiger partial charge in [-0.15, -0.1) is 0 Å². The normalized spacial score (nSPS) is 28.7. The van der Waals surface area contributed by atoms with Crippen molar-refractivity contribution in [2.75, 3.05) is 0 Å². The summed E-state index contributed by atoms with van der Waals surface area (Å²) in [6, 6.07) is 7.73. The molecule has 0 aromatic heterocycles. The lowest BCUT2D eigenvalue weighted by molar-refractivity contribution is -0.155. The van der Waals surface area contributed by atoms with E-state index in [4.69, 9.17) is 4.74 Å². The third-order valence-corrected chi connectivity index (χ3v) is 4.36. The van der Waals surface area contributed by atoms with E-state index in [0.717, 1.165) is 11.1 Å².